The molecule has 296 valence electrons. The summed E-state index contributed by atoms with van der Waals surface area (Å²) in [6.07, 6.45) is 10.5. The highest BCUT2D eigenvalue weighted by molar-refractivity contribution is 7.77. The average molecular weight is 786 g/mol. The van der Waals surface area contributed by atoms with Crippen molar-refractivity contribution in [2.24, 2.45) is 17.6 Å². The summed E-state index contributed by atoms with van der Waals surface area (Å²) < 4.78 is 35.3. The number of alkyl carbamates (subject to hydrolysis) is 1. The summed E-state index contributed by atoms with van der Waals surface area (Å²) in [4.78, 5) is 62.8. The minimum Gasteiger partial charge on any atom is -0.755 e. The molecular formula is C38H53N6O8S2-. The summed E-state index contributed by atoms with van der Waals surface area (Å²) in [5.41, 5.74) is 9.06. The molecule has 2 aromatic rings. The van der Waals surface area contributed by atoms with Crippen LogP contribution in [0.25, 0.3) is 10.7 Å². The van der Waals surface area contributed by atoms with Gasteiger partial charge in [0.15, 0.2) is 0 Å². The normalized spacial score (nSPS) is 22.1. The number of hydrogen-bond acceptors (Lipinski definition) is 11. The number of nitrogens with zero attached hydrogens (tertiary/aromatic N) is 3. The first kappa shape index (κ1) is 41.3. The van der Waals surface area contributed by atoms with E-state index in [1.807, 2.05) is 16.9 Å². The van der Waals surface area contributed by atoms with Gasteiger partial charge in [-0.2, -0.15) is 0 Å². The summed E-state index contributed by atoms with van der Waals surface area (Å²) >= 11 is -1.06. The number of aryl methyl sites for hydroxylation is 1. The number of ether oxygens (including phenoxy) is 2. The predicted octanol–water partition coefficient (Wildman–Crippen LogP) is 4.99. The highest BCUT2D eigenvalue weighted by atomic mass is 32.2. The maximum atomic E-state index is 14.2. The molecule has 4 amide bonds. The van der Waals surface area contributed by atoms with E-state index in [0.717, 1.165) is 66.9 Å². The number of carbonyl (C=O) groups is 4. The molecule has 4 N–H and O–H groups in total. The number of hydrogen-bond donors (Lipinski definition) is 3. The zero-order valence-electron chi connectivity index (χ0n) is 31.8. The number of fused-ring (bicyclic) bond motifs is 1. The lowest BCUT2D eigenvalue weighted by molar-refractivity contribution is -0.139. The summed E-state index contributed by atoms with van der Waals surface area (Å²) in [5, 5.41) is 5.62. The number of unbranched alkanes of at least 4 members (excludes halogenated alkanes) is 3. The van der Waals surface area contributed by atoms with Crippen LogP contribution >= 0.6 is 11.3 Å². The molecule has 0 aromatic carbocycles. The molecule has 2 aliphatic carbocycles. The maximum Gasteiger partial charge on any atom is 0.408 e. The highest BCUT2D eigenvalue weighted by Crippen LogP contribution is 2.40. The summed E-state index contributed by atoms with van der Waals surface area (Å²) in [7, 11) is 0. The van der Waals surface area contributed by atoms with E-state index in [0.29, 0.717) is 25.1 Å². The summed E-state index contributed by atoms with van der Waals surface area (Å²) in [6, 6.07) is 0.225. The van der Waals surface area contributed by atoms with Crippen molar-refractivity contribution in [3.05, 3.63) is 40.4 Å². The second-order valence-electron chi connectivity index (χ2n) is 15.7. The second-order valence-corrected chi connectivity index (χ2v) is 17.3. The van der Waals surface area contributed by atoms with Crippen LogP contribution in [0, 0.1) is 11.8 Å². The number of likely N-dealkylation sites (tertiary alicyclic amines) is 1. The smallest absolute Gasteiger partial charge is 0.408 e. The third-order valence-corrected chi connectivity index (χ3v) is 11.1. The van der Waals surface area contributed by atoms with Gasteiger partial charge in [0.2, 0.25) is 23.6 Å². The van der Waals surface area contributed by atoms with Crippen molar-refractivity contribution in [1.29, 1.82) is 0 Å². The van der Waals surface area contributed by atoms with Crippen molar-refractivity contribution in [1.82, 2.24) is 24.9 Å². The van der Waals surface area contributed by atoms with Crippen LogP contribution in [-0.2, 0) is 43.2 Å². The number of amides is 4. The molecule has 0 spiro atoms. The summed E-state index contributed by atoms with van der Waals surface area (Å²) in [6.45, 7) is 9.52. The summed E-state index contributed by atoms with van der Waals surface area (Å²) in [5.74, 6) is -1.07. The minimum absolute atomic E-state index is 0.0288. The average Bonchev–Trinajstić information content (AvgIpc) is 3.47. The molecule has 3 heterocycles. The Hall–Kier alpha value is -3.89. The van der Waals surface area contributed by atoms with E-state index in [9.17, 15) is 27.9 Å². The van der Waals surface area contributed by atoms with Crippen LogP contribution in [0.5, 0.6) is 5.88 Å². The number of aromatic nitrogens is 2. The number of rotatable bonds is 16. The largest absolute Gasteiger partial charge is 0.755 e. The fourth-order valence-corrected chi connectivity index (χ4v) is 8.25. The van der Waals surface area contributed by atoms with E-state index in [-0.39, 0.29) is 30.7 Å². The fraction of sp³-hybridized carbons (Fsp3) is 0.632. The Kier molecular flexibility index (Phi) is 13.9. The van der Waals surface area contributed by atoms with Crippen LogP contribution < -0.4 is 20.5 Å². The van der Waals surface area contributed by atoms with Crippen LogP contribution in [0.1, 0.15) is 115 Å². The molecular weight excluding hydrogens is 733 g/mol. The van der Waals surface area contributed by atoms with Gasteiger partial charge in [0, 0.05) is 34.5 Å². The minimum atomic E-state index is -2.61. The lowest BCUT2D eigenvalue weighted by Crippen LogP contribution is -2.53. The van der Waals surface area contributed by atoms with Gasteiger partial charge in [-0.15, -0.1) is 11.3 Å². The van der Waals surface area contributed by atoms with E-state index in [1.165, 1.54) is 10.5 Å². The molecule has 2 aromatic heterocycles. The van der Waals surface area contributed by atoms with Gasteiger partial charge < -0.3 is 30.0 Å². The fourth-order valence-electron chi connectivity index (χ4n) is 6.99. The molecule has 0 radical (unpaired) electrons. The Morgan fingerprint density at radius 1 is 1.13 bits per heavy atom. The molecule has 5 rings (SSSR count). The van der Waals surface area contributed by atoms with Crippen molar-refractivity contribution < 1.29 is 37.4 Å². The van der Waals surface area contributed by atoms with Gasteiger partial charge in [-0.3, -0.25) is 23.3 Å². The molecule has 1 aliphatic heterocycles. The molecule has 14 nitrogen and oxygen atoms in total. The van der Waals surface area contributed by atoms with Crippen LogP contribution in [0.15, 0.2) is 23.6 Å². The Balaban J connectivity index is 1.24. The van der Waals surface area contributed by atoms with Gasteiger partial charge in [-0.05, 0) is 95.6 Å². The predicted molar refractivity (Wildman–Crippen MR) is 204 cm³/mol. The van der Waals surface area contributed by atoms with E-state index < -0.39 is 58.9 Å². The van der Waals surface area contributed by atoms with Gasteiger partial charge in [0.1, 0.15) is 34.5 Å². The number of pyridine rings is 1. The highest BCUT2D eigenvalue weighted by Gasteiger charge is 2.43. The molecule has 6 atom stereocenters. The standard InChI is InChI=1S/C38H54N6O8S2/c1-22(2)30-21-53-35(41-30)29-18-24-14-11-12-15-26(24)34(40-29)51-25-19-31(32(39)45)44(20-25)36(47)28(42-37(48)52-38(3,4)5)16-10-8-6-7-9-13-23-17-27(23)33(46)43-54(49)50/h9,13,18,21-23,25,27-28,31H,6-8,10-12,14-17,19-20H2,1-5H3,(H2,39,45)(H,42,48)(H,43,46)(H,49,50)/p-1. The third kappa shape index (κ3) is 11.3. The number of primary amides is 1. The van der Waals surface area contributed by atoms with E-state index in [1.54, 1.807) is 32.1 Å². The zero-order chi connectivity index (χ0) is 39.2. The molecule has 1 saturated heterocycles. The molecule has 6 unspecified atom stereocenters. The molecule has 16 heteroatoms. The second kappa shape index (κ2) is 18.2. The number of carbonyl (C=O) groups excluding carboxylic acids is 4. The Bertz CT molecular complexity index is 1740. The molecule has 1 saturated carbocycles. The van der Waals surface area contributed by atoms with Gasteiger partial charge in [-0.25, -0.2) is 14.8 Å². The van der Waals surface area contributed by atoms with Gasteiger partial charge in [-0.1, -0.05) is 38.8 Å². The number of thiazole rings is 1. The van der Waals surface area contributed by atoms with Gasteiger partial charge in [0.25, 0.3) is 0 Å². The van der Waals surface area contributed by atoms with Crippen molar-refractivity contribution in [2.45, 2.75) is 135 Å². The number of allylic oxidation sites excluding steroid dienone is 2. The van der Waals surface area contributed by atoms with Gasteiger partial charge in [0.05, 0.1) is 12.2 Å². The van der Waals surface area contributed by atoms with Crippen LogP contribution in [-0.4, -0.2) is 77.8 Å². The number of nitrogens with two attached hydrogens (primary N) is 1. The van der Waals surface area contributed by atoms with Gasteiger partial charge >= 0.3 is 6.09 Å². The van der Waals surface area contributed by atoms with Crippen LogP contribution in [0.2, 0.25) is 0 Å². The molecule has 3 aliphatic rings. The quantitative estimate of drug-likeness (QED) is 0.118. The zero-order valence-corrected chi connectivity index (χ0v) is 33.4. The first-order valence-corrected chi connectivity index (χ1v) is 20.9. The molecule has 2 fully saturated rings. The van der Waals surface area contributed by atoms with Crippen LogP contribution in [0.3, 0.4) is 0 Å². The Labute approximate surface area is 323 Å². The first-order valence-electron chi connectivity index (χ1n) is 18.9. The van der Waals surface area contributed by atoms with Crippen molar-refractivity contribution in [2.75, 3.05) is 6.54 Å². The van der Waals surface area contributed by atoms with E-state index in [2.05, 4.69) is 30.6 Å². The lowest BCUT2D eigenvalue weighted by Gasteiger charge is -2.28. The third-order valence-electron chi connectivity index (χ3n) is 9.88. The Morgan fingerprint density at radius 2 is 1.89 bits per heavy atom. The topological polar surface area (TPSA) is 206 Å². The Morgan fingerprint density at radius 3 is 2.57 bits per heavy atom. The first-order chi connectivity index (χ1) is 25.6. The van der Waals surface area contributed by atoms with Crippen molar-refractivity contribution in [3.63, 3.8) is 0 Å². The number of nitrogens with one attached hydrogen (secondary N) is 2. The molecule has 0 bridgehead atoms. The van der Waals surface area contributed by atoms with E-state index in [4.69, 9.17) is 25.2 Å². The van der Waals surface area contributed by atoms with Crippen molar-refractivity contribution in [3.8, 4) is 16.6 Å². The maximum absolute atomic E-state index is 14.2. The lowest BCUT2D eigenvalue weighted by atomic mass is 9.92. The SMILES string of the molecule is CC(C)c1csc(-c2cc3c(c(OC4CC(C(N)=O)N(C(=O)C(CCCCCC=CC5CC5C(=O)NS(=O)[O-])NC(=O)OC(C)(C)C)C4)n2)CCCC3)n1. The van der Waals surface area contributed by atoms with E-state index >= 15 is 0 Å². The van der Waals surface area contributed by atoms with Crippen molar-refractivity contribution >= 4 is 46.4 Å². The molecule has 54 heavy (non-hydrogen) atoms. The monoisotopic (exact) mass is 785 g/mol. The van der Waals surface area contributed by atoms with Crippen LogP contribution in [0.4, 0.5) is 4.79 Å².